The first-order chi connectivity index (χ1) is 20.4. The van der Waals surface area contributed by atoms with Gasteiger partial charge in [-0.25, -0.2) is 4.39 Å². The van der Waals surface area contributed by atoms with E-state index in [1.54, 1.807) is 30.1 Å². The van der Waals surface area contributed by atoms with Crippen molar-refractivity contribution in [3.63, 3.8) is 0 Å². The molecular weight excluding hydrogens is 568 g/mol. The number of rotatable bonds is 6. The highest BCUT2D eigenvalue weighted by atomic mass is 19.4. The Morgan fingerprint density at radius 2 is 1.72 bits per heavy atom. The Kier molecular flexibility index (Phi) is 7.47. The van der Waals surface area contributed by atoms with Gasteiger partial charge in [0.15, 0.2) is 5.54 Å². The van der Waals surface area contributed by atoms with E-state index in [1.807, 2.05) is 6.07 Å². The molecule has 2 aliphatic rings. The summed E-state index contributed by atoms with van der Waals surface area (Å²) < 4.78 is 54.4. The summed E-state index contributed by atoms with van der Waals surface area (Å²) in [6, 6.07) is 14.8. The Bertz CT molecular complexity index is 1650. The van der Waals surface area contributed by atoms with Gasteiger partial charge in [-0.3, -0.25) is 19.3 Å². The first kappa shape index (κ1) is 29.4. The van der Waals surface area contributed by atoms with E-state index in [1.165, 1.54) is 36.2 Å². The van der Waals surface area contributed by atoms with Gasteiger partial charge in [-0.1, -0.05) is 12.1 Å². The number of halogens is 4. The molecule has 0 aromatic heterocycles. The van der Waals surface area contributed by atoms with Gasteiger partial charge < -0.3 is 20.4 Å². The molecule has 0 atom stereocenters. The molecule has 0 saturated carbocycles. The monoisotopic (exact) mass is 594 g/mol. The molecule has 0 unspecified atom stereocenters. The number of nitrogens with one attached hydrogen (secondary N) is 2. The zero-order chi connectivity index (χ0) is 31.1. The second kappa shape index (κ2) is 10.9. The summed E-state index contributed by atoms with van der Waals surface area (Å²) in [5.41, 5.74) is -0.531. The van der Waals surface area contributed by atoms with Crippen LogP contribution >= 0.6 is 0 Å². The van der Waals surface area contributed by atoms with Crippen molar-refractivity contribution in [1.82, 2.24) is 10.2 Å². The molecule has 0 aliphatic carbocycles. The van der Waals surface area contributed by atoms with Crippen molar-refractivity contribution in [2.24, 2.45) is 0 Å². The molecule has 3 amide bonds. The third-order valence-electron chi connectivity index (χ3n) is 7.76. The van der Waals surface area contributed by atoms with Crippen LogP contribution in [-0.2, 0) is 22.3 Å². The predicted octanol–water partition coefficient (Wildman–Crippen LogP) is 3.75. The lowest BCUT2D eigenvalue weighted by Gasteiger charge is -2.58. The second-order valence-electron chi connectivity index (χ2n) is 10.3. The van der Waals surface area contributed by atoms with E-state index in [0.29, 0.717) is 22.5 Å². The maximum atomic E-state index is 15.0. The van der Waals surface area contributed by atoms with Gasteiger partial charge in [0, 0.05) is 32.0 Å². The molecule has 2 heterocycles. The summed E-state index contributed by atoms with van der Waals surface area (Å²) in [6.45, 7) is -0.679. The molecule has 2 saturated heterocycles. The molecule has 2 fully saturated rings. The van der Waals surface area contributed by atoms with Crippen molar-refractivity contribution in [1.29, 1.82) is 5.26 Å². The van der Waals surface area contributed by atoms with Crippen LogP contribution in [0.1, 0.15) is 27.0 Å². The van der Waals surface area contributed by atoms with Crippen LogP contribution in [0.25, 0.3) is 0 Å². The van der Waals surface area contributed by atoms with Crippen LogP contribution in [0, 0.1) is 17.1 Å². The number of nitriles is 1. The van der Waals surface area contributed by atoms with E-state index >= 15 is 4.39 Å². The molecule has 1 spiro atoms. The van der Waals surface area contributed by atoms with Gasteiger partial charge in [0.1, 0.15) is 12.4 Å². The van der Waals surface area contributed by atoms with Crippen LogP contribution in [0.4, 0.5) is 34.6 Å². The normalized spacial score (nSPS) is 16.2. The molecular formula is C30H26F4N6O3. The molecule has 13 heteroatoms. The summed E-state index contributed by atoms with van der Waals surface area (Å²) in [6.07, 6.45) is -4.53. The molecule has 0 radical (unpaired) electrons. The van der Waals surface area contributed by atoms with Crippen molar-refractivity contribution in [2.45, 2.75) is 18.3 Å². The number of alkyl halides is 3. The van der Waals surface area contributed by atoms with E-state index in [4.69, 9.17) is 5.26 Å². The standard InChI is InChI=1S/C30H26F4N6O3/c1-36-24-9-8-21(12-22(24)27(42)37-2)38-16-29(17-38)28(43)39(25-10-5-19(13-35)11-23(25)31)15-26(41)40(29)14-18-3-6-20(7-4-18)30(32,33)34/h3-12,36H,14-17H2,1-2H3,(H,37,42). The van der Waals surface area contributed by atoms with E-state index in [9.17, 15) is 27.6 Å². The van der Waals surface area contributed by atoms with Gasteiger partial charge >= 0.3 is 6.18 Å². The molecule has 5 rings (SSSR count). The van der Waals surface area contributed by atoms with E-state index < -0.39 is 41.5 Å². The van der Waals surface area contributed by atoms with Crippen molar-refractivity contribution < 1.29 is 31.9 Å². The second-order valence-corrected chi connectivity index (χ2v) is 10.3. The number of piperazine rings is 1. The van der Waals surface area contributed by atoms with E-state index in [-0.39, 0.29) is 36.8 Å². The lowest BCUT2D eigenvalue weighted by molar-refractivity contribution is -0.153. The molecule has 9 nitrogen and oxygen atoms in total. The zero-order valence-corrected chi connectivity index (χ0v) is 23.1. The van der Waals surface area contributed by atoms with Crippen LogP contribution in [0.5, 0.6) is 0 Å². The number of nitrogens with zero attached hydrogens (tertiary/aromatic N) is 4. The minimum atomic E-state index is -4.53. The maximum Gasteiger partial charge on any atom is 0.416 e. The van der Waals surface area contributed by atoms with Crippen molar-refractivity contribution in [3.8, 4) is 6.07 Å². The zero-order valence-electron chi connectivity index (χ0n) is 23.1. The SMILES string of the molecule is CNC(=O)c1cc(N2CC3(C2)C(=O)N(c2ccc(C#N)cc2F)CC(=O)N3Cc2ccc(C(F)(F)F)cc2)ccc1NC. The Hall–Kier alpha value is -5.12. The number of amides is 3. The van der Waals surface area contributed by atoms with Gasteiger partial charge in [-0.15, -0.1) is 0 Å². The summed E-state index contributed by atoms with van der Waals surface area (Å²) in [5, 5.41) is 14.6. The average Bonchev–Trinajstić information content (AvgIpc) is 2.97. The van der Waals surface area contributed by atoms with Crippen LogP contribution in [0.2, 0.25) is 0 Å². The van der Waals surface area contributed by atoms with Gasteiger partial charge in [0.05, 0.1) is 41.5 Å². The number of hydrogen-bond acceptors (Lipinski definition) is 6. The molecule has 222 valence electrons. The quantitative estimate of drug-likeness (QED) is 0.421. The Labute approximate surface area is 244 Å². The number of hydrogen-bond donors (Lipinski definition) is 2. The van der Waals surface area contributed by atoms with Crippen LogP contribution in [0.3, 0.4) is 0 Å². The van der Waals surface area contributed by atoms with Crippen LogP contribution in [0.15, 0.2) is 60.7 Å². The fourth-order valence-electron chi connectivity index (χ4n) is 5.45. The smallest absolute Gasteiger partial charge is 0.387 e. The minimum Gasteiger partial charge on any atom is -0.387 e. The topological polar surface area (TPSA) is 109 Å². The summed E-state index contributed by atoms with van der Waals surface area (Å²) >= 11 is 0. The minimum absolute atomic E-state index is 0.0152. The molecule has 43 heavy (non-hydrogen) atoms. The average molecular weight is 595 g/mol. The lowest BCUT2D eigenvalue weighted by Crippen LogP contribution is -2.81. The summed E-state index contributed by atoms with van der Waals surface area (Å²) in [5.74, 6) is -2.28. The number of carbonyl (C=O) groups is 3. The third-order valence-corrected chi connectivity index (χ3v) is 7.76. The fraction of sp³-hybridized carbons (Fsp3) is 0.267. The predicted molar refractivity (Wildman–Crippen MR) is 150 cm³/mol. The van der Waals surface area contributed by atoms with Gasteiger partial charge in [0.25, 0.3) is 11.8 Å². The Morgan fingerprint density at radius 1 is 1.02 bits per heavy atom. The molecule has 0 bridgehead atoms. The molecule has 2 aliphatic heterocycles. The Balaban J connectivity index is 1.51. The third kappa shape index (κ3) is 5.20. The highest BCUT2D eigenvalue weighted by molar-refractivity contribution is 6.11. The van der Waals surface area contributed by atoms with E-state index in [0.717, 1.165) is 23.1 Å². The van der Waals surface area contributed by atoms with Gasteiger partial charge in [0.2, 0.25) is 5.91 Å². The number of carbonyl (C=O) groups excluding carboxylic acids is 3. The fourth-order valence-corrected chi connectivity index (χ4v) is 5.45. The van der Waals surface area contributed by atoms with Gasteiger partial charge in [-0.05, 0) is 54.1 Å². The largest absolute Gasteiger partial charge is 0.416 e. The highest BCUT2D eigenvalue weighted by Crippen LogP contribution is 2.40. The highest BCUT2D eigenvalue weighted by Gasteiger charge is 2.60. The van der Waals surface area contributed by atoms with E-state index in [2.05, 4.69) is 10.6 Å². The van der Waals surface area contributed by atoms with Crippen LogP contribution in [-0.4, -0.2) is 61.9 Å². The van der Waals surface area contributed by atoms with Crippen molar-refractivity contribution >= 4 is 34.8 Å². The molecule has 3 aromatic carbocycles. The van der Waals surface area contributed by atoms with Crippen molar-refractivity contribution in [3.05, 3.63) is 88.7 Å². The maximum absolute atomic E-state index is 15.0. The first-order valence-corrected chi connectivity index (χ1v) is 13.2. The molecule has 3 aromatic rings. The summed E-state index contributed by atoms with van der Waals surface area (Å²) in [4.78, 5) is 44.4. The van der Waals surface area contributed by atoms with Crippen molar-refractivity contribution in [2.75, 3.05) is 48.8 Å². The van der Waals surface area contributed by atoms with Crippen LogP contribution < -0.4 is 20.4 Å². The summed E-state index contributed by atoms with van der Waals surface area (Å²) in [7, 11) is 3.16. The Morgan fingerprint density at radius 3 is 2.30 bits per heavy atom. The number of anilines is 3. The first-order valence-electron chi connectivity index (χ1n) is 13.2. The van der Waals surface area contributed by atoms with Gasteiger partial charge in [-0.2, -0.15) is 18.4 Å². The number of benzene rings is 3. The lowest BCUT2D eigenvalue weighted by atomic mass is 9.82. The molecule has 2 N–H and O–H groups in total.